The number of hydrogen-bond acceptors (Lipinski definition) is 6. The van der Waals surface area contributed by atoms with E-state index < -0.39 is 60.2 Å². The van der Waals surface area contributed by atoms with Crippen LogP contribution in [0.15, 0.2) is 30.5 Å². The van der Waals surface area contributed by atoms with E-state index >= 15 is 0 Å². The summed E-state index contributed by atoms with van der Waals surface area (Å²) in [6.45, 7) is 3.81. The maximum Gasteiger partial charge on any atom is 0.326 e. The molecule has 2 aromatic rings. The summed E-state index contributed by atoms with van der Waals surface area (Å²) < 4.78 is 0. The summed E-state index contributed by atoms with van der Waals surface area (Å²) in [6.07, 6.45) is 2.34. The average Bonchev–Trinajstić information content (AvgIpc) is 3.48. The van der Waals surface area contributed by atoms with Gasteiger partial charge in [-0.05, 0) is 36.8 Å². The van der Waals surface area contributed by atoms with Crippen molar-refractivity contribution in [1.29, 1.82) is 0 Å². The number of carbonyl (C=O) groups excluding carboxylic acids is 4. The number of carbonyl (C=O) groups is 5. The molecule has 0 radical (unpaired) electrons. The van der Waals surface area contributed by atoms with E-state index in [4.69, 9.17) is 11.5 Å². The number of primary amides is 1. The Labute approximate surface area is 214 Å². The van der Waals surface area contributed by atoms with E-state index in [0.29, 0.717) is 12.8 Å². The third kappa shape index (κ3) is 6.64. The van der Waals surface area contributed by atoms with E-state index in [2.05, 4.69) is 15.6 Å². The largest absolute Gasteiger partial charge is 0.480 e. The second kappa shape index (κ2) is 11.9. The van der Waals surface area contributed by atoms with E-state index in [1.54, 1.807) is 20.0 Å². The lowest BCUT2D eigenvalue weighted by Crippen LogP contribution is -2.58. The van der Waals surface area contributed by atoms with Crippen LogP contribution in [-0.2, 0) is 30.4 Å². The molecule has 1 fully saturated rings. The van der Waals surface area contributed by atoms with Gasteiger partial charge in [0.15, 0.2) is 0 Å². The number of aromatic amines is 1. The van der Waals surface area contributed by atoms with E-state index in [1.807, 2.05) is 24.3 Å². The molecule has 1 aromatic heterocycles. The lowest BCUT2D eigenvalue weighted by Gasteiger charge is -2.31. The summed E-state index contributed by atoms with van der Waals surface area (Å²) in [7, 11) is 0. The molecule has 37 heavy (non-hydrogen) atoms. The number of likely N-dealkylation sites (tertiary alicyclic amines) is 1. The fraction of sp³-hybridized carbons (Fsp3) is 0.480. The van der Waals surface area contributed by atoms with Crippen LogP contribution in [0.1, 0.15) is 38.7 Å². The van der Waals surface area contributed by atoms with Gasteiger partial charge in [-0.25, -0.2) is 4.79 Å². The Morgan fingerprint density at radius 3 is 2.51 bits per heavy atom. The molecule has 1 saturated heterocycles. The molecule has 200 valence electrons. The maximum atomic E-state index is 13.4. The number of hydrogen-bond donors (Lipinski definition) is 6. The van der Waals surface area contributed by atoms with Gasteiger partial charge in [-0.2, -0.15) is 0 Å². The number of nitrogens with one attached hydrogen (secondary N) is 3. The zero-order valence-corrected chi connectivity index (χ0v) is 20.9. The molecular formula is C25H34N6O6. The fourth-order valence-electron chi connectivity index (χ4n) is 4.55. The predicted molar refractivity (Wildman–Crippen MR) is 135 cm³/mol. The Kier molecular flexibility index (Phi) is 8.87. The summed E-state index contributed by atoms with van der Waals surface area (Å²) in [5, 5.41) is 15.3. The Hall–Kier alpha value is -3.93. The van der Waals surface area contributed by atoms with Crippen molar-refractivity contribution in [2.45, 2.75) is 63.7 Å². The van der Waals surface area contributed by atoms with Crippen LogP contribution in [0.5, 0.6) is 0 Å². The predicted octanol–water partition coefficient (Wildman–Crippen LogP) is -0.386. The molecule has 4 amide bonds. The first-order valence-corrected chi connectivity index (χ1v) is 12.2. The van der Waals surface area contributed by atoms with Crippen LogP contribution < -0.4 is 22.1 Å². The number of fused-ring (bicyclic) bond motifs is 1. The molecule has 4 atom stereocenters. The Morgan fingerprint density at radius 1 is 1.16 bits per heavy atom. The van der Waals surface area contributed by atoms with Crippen molar-refractivity contribution in [2.24, 2.45) is 17.4 Å². The normalized spacial score (nSPS) is 17.8. The van der Waals surface area contributed by atoms with Gasteiger partial charge in [-0.15, -0.1) is 0 Å². The minimum absolute atomic E-state index is 0.264. The molecule has 12 heteroatoms. The van der Waals surface area contributed by atoms with Crippen molar-refractivity contribution < 1.29 is 29.1 Å². The highest BCUT2D eigenvalue weighted by Gasteiger charge is 2.40. The smallest absolute Gasteiger partial charge is 0.326 e. The number of rotatable bonds is 11. The molecule has 0 aliphatic carbocycles. The van der Waals surface area contributed by atoms with Gasteiger partial charge in [0.05, 0.1) is 12.5 Å². The van der Waals surface area contributed by atoms with Crippen LogP contribution in [0.25, 0.3) is 10.9 Å². The molecule has 12 nitrogen and oxygen atoms in total. The molecule has 3 rings (SSSR count). The highest BCUT2D eigenvalue weighted by atomic mass is 16.4. The first-order valence-electron chi connectivity index (χ1n) is 12.2. The number of carboxylic acid groups (broad SMARTS) is 1. The lowest BCUT2D eigenvalue weighted by atomic mass is 10.00. The summed E-state index contributed by atoms with van der Waals surface area (Å²) in [5.74, 6) is -4.22. The number of nitrogens with zero attached hydrogens (tertiary/aromatic N) is 1. The van der Waals surface area contributed by atoms with E-state index in [-0.39, 0.29) is 18.9 Å². The van der Waals surface area contributed by atoms with Crippen molar-refractivity contribution >= 4 is 40.5 Å². The van der Waals surface area contributed by atoms with Crippen molar-refractivity contribution in [3.8, 4) is 0 Å². The molecule has 8 N–H and O–H groups in total. The van der Waals surface area contributed by atoms with Gasteiger partial charge in [0, 0.05) is 23.6 Å². The number of benzene rings is 1. The molecular weight excluding hydrogens is 480 g/mol. The number of carboxylic acids is 1. The second-order valence-electron chi connectivity index (χ2n) is 9.66. The molecule has 0 spiro atoms. The Bertz CT molecular complexity index is 1180. The molecule has 1 aliphatic rings. The monoisotopic (exact) mass is 514 g/mol. The van der Waals surface area contributed by atoms with Crippen molar-refractivity contribution in [1.82, 2.24) is 20.5 Å². The summed E-state index contributed by atoms with van der Waals surface area (Å²) in [6, 6.07) is 3.39. The van der Waals surface area contributed by atoms with Gasteiger partial charge in [-0.1, -0.05) is 32.0 Å². The number of H-pyrrole nitrogens is 1. The maximum absolute atomic E-state index is 13.4. The molecule has 1 aromatic carbocycles. The van der Waals surface area contributed by atoms with Crippen LogP contribution in [0, 0.1) is 5.92 Å². The first-order chi connectivity index (χ1) is 17.5. The van der Waals surface area contributed by atoms with Crippen LogP contribution >= 0.6 is 0 Å². The number of para-hydroxylation sites is 1. The van der Waals surface area contributed by atoms with Crippen LogP contribution in [-0.4, -0.2) is 75.3 Å². The standard InChI is InChI=1S/C25H34N6O6/c1-13(2)21(30-22(33)16(26)10-14-12-28-17-7-4-3-6-15(14)17)24(35)31-9-5-8-19(31)23(34)29-18(25(36)37)11-20(27)32/h3-4,6-7,12-13,16,18-19,21,28H,5,8-11,26H2,1-2H3,(H2,27,32)(H,29,34)(H,30,33)(H,36,37). The van der Waals surface area contributed by atoms with Crippen LogP contribution in [0.4, 0.5) is 0 Å². The van der Waals surface area contributed by atoms with E-state index in [0.717, 1.165) is 16.5 Å². The number of aromatic nitrogens is 1. The average molecular weight is 515 g/mol. The van der Waals surface area contributed by atoms with E-state index in [1.165, 1.54) is 4.90 Å². The fourth-order valence-corrected chi connectivity index (χ4v) is 4.55. The highest BCUT2D eigenvalue weighted by molar-refractivity contribution is 5.95. The quantitative estimate of drug-likeness (QED) is 0.234. The minimum Gasteiger partial charge on any atom is -0.480 e. The van der Waals surface area contributed by atoms with Gasteiger partial charge >= 0.3 is 5.97 Å². The van der Waals surface area contributed by atoms with Gasteiger partial charge in [-0.3, -0.25) is 19.2 Å². The lowest BCUT2D eigenvalue weighted by molar-refractivity contribution is -0.146. The van der Waals surface area contributed by atoms with Gasteiger partial charge in [0.2, 0.25) is 23.6 Å². The zero-order valence-electron chi connectivity index (χ0n) is 20.9. The van der Waals surface area contributed by atoms with Gasteiger partial charge < -0.3 is 37.1 Å². The van der Waals surface area contributed by atoms with Gasteiger partial charge in [0.1, 0.15) is 18.1 Å². The van der Waals surface area contributed by atoms with Crippen LogP contribution in [0.2, 0.25) is 0 Å². The SMILES string of the molecule is CC(C)C(NC(=O)C(N)Cc1c[nH]c2ccccc12)C(=O)N1CCCC1C(=O)NC(CC(N)=O)C(=O)O. The molecule has 4 unspecified atom stereocenters. The molecule has 0 saturated carbocycles. The van der Waals surface area contributed by atoms with Crippen LogP contribution in [0.3, 0.4) is 0 Å². The topological polar surface area (TPSA) is 201 Å². The van der Waals surface area contributed by atoms with Crippen molar-refractivity contribution in [3.05, 3.63) is 36.0 Å². The number of aliphatic carboxylic acids is 1. The molecule has 0 bridgehead atoms. The first kappa shape index (κ1) is 27.7. The summed E-state index contributed by atoms with van der Waals surface area (Å²) >= 11 is 0. The molecule has 1 aliphatic heterocycles. The zero-order chi connectivity index (χ0) is 27.3. The summed E-state index contributed by atoms with van der Waals surface area (Å²) in [4.78, 5) is 66.3. The number of nitrogens with two attached hydrogens (primary N) is 2. The van der Waals surface area contributed by atoms with Crippen molar-refractivity contribution in [2.75, 3.05) is 6.54 Å². The third-order valence-electron chi connectivity index (χ3n) is 6.54. The van der Waals surface area contributed by atoms with Crippen molar-refractivity contribution in [3.63, 3.8) is 0 Å². The molecule has 2 heterocycles. The van der Waals surface area contributed by atoms with E-state index in [9.17, 15) is 29.1 Å². The number of amides is 4. The Balaban J connectivity index is 1.68. The minimum atomic E-state index is -1.49. The highest BCUT2D eigenvalue weighted by Crippen LogP contribution is 2.22. The second-order valence-corrected chi connectivity index (χ2v) is 9.66. The Morgan fingerprint density at radius 2 is 1.86 bits per heavy atom. The van der Waals surface area contributed by atoms with Gasteiger partial charge in [0.25, 0.3) is 0 Å². The summed E-state index contributed by atoms with van der Waals surface area (Å²) in [5.41, 5.74) is 13.1. The third-order valence-corrected chi connectivity index (χ3v) is 6.54.